The lowest BCUT2D eigenvalue weighted by atomic mass is 9.96. The van der Waals surface area contributed by atoms with Gasteiger partial charge in [-0.05, 0) is 46.8 Å². The third-order valence-corrected chi connectivity index (χ3v) is 3.48. The third-order valence-electron chi connectivity index (χ3n) is 3.48. The van der Waals surface area contributed by atoms with Crippen LogP contribution in [0.3, 0.4) is 0 Å². The predicted octanol–water partition coefficient (Wildman–Crippen LogP) is 3.27. The standard InChI is InChI=1S/C16H24FNO2/c1-11(19)14-12(17)7-6-8-13(14)18-9-15(2,3)20-16(4,5)10-18/h6-8,11,19H,9-10H2,1-5H3. The Morgan fingerprint density at radius 2 is 1.75 bits per heavy atom. The predicted molar refractivity (Wildman–Crippen MR) is 78.5 cm³/mol. The van der Waals surface area contributed by atoms with Gasteiger partial charge in [-0.2, -0.15) is 0 Å². The quantitative estimate of drug-likeness (QED) is 0.903. The molecule has 1 fully saturated rings. The average Bonchev–Trinajstić information content (AvgIpc) is 2.23. The topological polar surface area (TPSA) is 32.7 Å². The molecule has 1 aromatic carbocycles. The maximum absolute atomic E-state index is 14.0. The molecule has 1 atom stereocenters. The molecule has 1 N–H and O–H groups in total. The molecule has 3 nitrogen and oxygen atoms in total. The minimum Gasteiger partial charge on any atom is -0.389 e. The minimum atomic E-state index is -0.833. The van der Waals surface area contributed by atoms with Crippen molar-refractivity contribution in [3.8, 4) is 0 Å². The highest BCUT2D eigenvalue weighted by molar-refractivity contribution is 5.56. The monoisotopic (exact) mass is 281 g/mol. The Morgan fingerprint density at radius 1 is 1.20 bits per heavy atom. The Hall–Kier alpha value is -1.13. The summed E-state index contributed by atoms with van der Waals surface area (Å²) in [5, 5.41) is 9.88. The highest BCUT2D eigenvalue weighted by Gasteiger charge is 2.39. The molecular weight excluding hydrogens is 257 g/mol. The van der Waals surface area contributed by atoms with Crippen LogP contribution in [0.25, 0.3) is 0 Å². The van der Waals surface area contributed by atoms with Crippen LogP contribution >= 0.6 is 0 Å². The van der Waals surface area contributed by atoms with Crippen LogP contribution in [0.15, 0.2) is 18.2 Å². The van der Waals surface area contributed by atoms with Gasteiger partial charge in [0.2, 0.25) is 0 Å². The first-order valence-electron chi connectivity index (χ1n) is 7.03. The van der Waals surface area contributed by atoms with Crippen LogP contribution < -0.4 is 4.90 Å². The average molecular weight is 281 g/mol. The number of ether oxygens (including phenoxy) is 1. The smallest absolute Gasteiger partial charge is 0.131 e. The molecular formula is C16H24FNO2. The summed E-state index contributed by atoms with van der Waals surface area (Å²) in [6, 6.07) is 4.94. The van der Waals surface area contributed by atoms with E-state index in [2.05, 4.69) is 4.90 Å². The summed E-state index contributed by atoms with van der Waals surface area (Å²) in [6.45, 7) is 11.0. The number of hydrogen-bond donors (Lipinski definition) is 1. The molecule has 1 aliphatic heterocycles. The van der Waals surface area contributed by atoms with Crippen molar-refractivity contribution in [1.82, 2.24) is 0 Å². The lowest BCUT2D eigenvalue weighted by molar-refractivity contribution is -0.133. The SMILES string of the molecule is CC(O)c1c(F)cccc1N1CC(C)(C)OC(C)(C)C1. The fraction of sp³-hybridized carbons (Fsp3) is 0.625. The number of nitrogens with zero attached hydrogens (tertiary/aromatic N) is 1. The summed E-state index contributed by atoms with van der Waals surface area (Å²) >= 11 is 0. The second-order valence-electron chi connectivity index (χ2n) is 6.83. The number of anilines is 1. The Labute approximate surface area is 120 Å². The maximum atomic E-state index is 14.0. The molecule has 0 saturated carbocycles. The van der Waals surface area contributed by atoms with Gasteiger partial charge in [0.1, 0.15) is 5.82 Å². The zero-order chi connectivity index (χ0) is 15.1. The molecule has 0 aromatic heterocycles. The van der Waals surface area contributed by atoms with Crippen LogP contribution in [0, 0.1) is 5.82 Å². The number of aliphatic hydroxyl groups is 1. The lowest BCUT2D eigenvalue weighted by Gasteiger charge is -2.48. The number of aliphatic hydroxyl groups excluding tert-OH is 1. The second kappa shape index (κ2) is 5.01. The summed E-state index contributed by atoms with van der Waals surface area (Å²) in [6.07, 6.45) is -0.833. The van der Waals surface area contributed by atoms with Crippen molar-refractivity contribution in [2.24, 2.45) is 0 Å². The molecule has 1 heterocycles. The molecule has 112 valence electrons. The molecule has 1 aromatic rings. The van der Waals surface area contributed by atoms with Crippen LogP contribution in [-0.4, -0.2) is 29.4 Å². The van der Waals surface area contributed by atoms with Gasteiger partial charge in [-0.25, -0.2) is 4.39 Å². The van der Waals surface area contributed by atoms with E-state index in [1.165, 1.54) is 6.07 Å². The number of halogens is 1. The van der Waals surface area contributed by atoms with E-state index in [4.69, 9.17) is 4.74 Å². The molecule has 0 radical (unpaired) electrons. The number of benzene rings is 1. The van der Waals surface area contributed by atoms with E-state index >= 15 is 0 Å². The van der Waals surface area contributed by atoms with Crippen LogP contribution in [0.1, 0.15) is 46.3 Å². The molecule has 1 saturated heterocycles. The summed E-state index contributed by atoms with van der Waals surface area (Å²) in [5.74, 6) is -0.361. The molecule has 0 amide bonds. The highest BCUT2D eigenvalue weighted by Crippen LogP contribution is 2.35. The Bertz CT molecular complexity index is 481. The van der Waals surface area contributed by atoms with Crippen LogP contribution in [0.4, 0.5) is 10.1 Å². The summed E-state index contributed by atoms with van der Waals surface area (Å²) in [7, 11) is 0. The number of rotatable bonds is 2. The summed E-state index contributed by atoms with van der Waals surface area (Å²) < 4.78 is 20.1. The molecule has 4 heteroatoms. The van der Waals surface area contributed by atoms with Crippen molar-refractivity contribution in [2.45, 2.75) is 51.9 Å². The first-order chi connectivity index (χ1) is 9.11. The first-order valence-corrected chi connectivity index (χ1v) is 7.03. The number of morpholine rings is 1. The second-order valence-corrected chi connectivity index (χ2v) is 6.83. The zero-order valence-corrected chi connectivity index (χ0v) is 12.9. The van der Waals surface area contributed by atoms with Gasteiger partial charge in [-0.3, -0.25) is 0 Å². The zero-order valence-electron chi connectivity index (χ0n) is 12.9. The van der Waals surface area contributed by atoms with E-state index in [-0.39, 0.29) is 17.0 Å². The van der Waals surface area contributed by atoms with Crippen molar-refractivity contribution in [3.05, 3.63) is 29.6 Å². The van der Waals surface area contributed by atoms with Gasteiger partial charge in [0.25, 0.3) is 0 Å². The van der Waals surface area contributed by atoms with Crippen molar-refractivity contribution >= 4 is 5.69 Å². The van der Waals surface area contributed by atoms with Crippen molar-refractivity contribution in [1.29, 1.82) is 0 Å². The van der Waals surface area contributed by atoms with E-state index in [1.807, 2.05) is 33.8 Å². The summed E-state index contributed by atoms with van der Waals surface area (Å²) in [4.78, 5) is 2.11. The van der Waals surface area contributed by atoms with E-state index in [9.17, 15) is 9.50 Å². The molecule has 1 unspecified atom stereocenters. The fourth-order valence-electron chi connectivity index (χ4n) is 3.17. The first kappa shape index (κ1) is 15.3. The minimum absolute atomic E-state index is 0.315. The Kier molecular flexibility index (Phi) is 3.82. The van der Waals surface area contributed by atoms with Crippen molar-refractivity contribution < 1.29 is 14.2 Å². The van der Waals surface area contributed by atoms with Crippen LogP contribution in [-0.2, 0) is 4.74 Å². The van der Waals surface area contributed by atoms with Gasteiger partial charge in [-0.1, -0.05) is 6.07 Å². The molecule has 2 rings (SSSR count). The highest BCUT2D eigenvalue weighted by atomic mass is 19.1. The van der Waals surface area contributed by atoms with Gasteiger partial charge in [0, 0.05) is 24.3 Å². The van der Waals surface area contributed by atoms with Crippen molar-refractivity contribution in [3.63, 3.8) is 0 Å². The Balaban J connectivity index is 2.43. The van der Waals surface area contributed by atoms with Gasteiger partial charge < -0.3 is 14.7 Å². The largest absolute Gasteiger partial charge is 0.389 e. The van der Waals surface area contributed by atoms with Gasteiger partial charge in [0.05, 0.1) is 17.3 Å². The van der Waals surface area contributed by atoms with Crippen LogP contribution in [0.5, 0.6) is 0 Å². The molecule has 0 bridgehead atoms. The maximum Gasteiger partial charge on any atom is 0.131 e. The number of hydrogen-bond acceptors (Lipinski definition) is 3. The van der Waals surface area contributed by atoms with E-state index < -0.39 is 6.10 Å². The van der Waals surface area contributed by atoms with Gasteiger partial charge in [-0.15, -0.1) is 0 Å². The summed E-state index contributed by atoms with van der Waals surface area (Å²) in [5.41, 5.74) is 0.485. The third kappa shape index (κ3) is 3.13. The van der Waals surface area contributed by atoms with Gasteiger partial charge >= 0.3 is 0 Å². The van der Waals surface area contributed by atoms with E-state index in [0.717, 1.165) is 5.69 Å². The molecule has 1 aliphatic rings. The molecule has 0 spiro atoms. The van der Waals surface area contributed by atoms with E-state index in [1.54, 1.807) is 13.0 Å². The van der Waals surface area contributed by atoms with Crippen LogP contribution in [0.2, 0.25) is 0 Å². The fourth-order valence-corrected chi connectivity index (χ4v) is 3.17. The van der Waals surface area contributed by atoms with E-state index in [0.29, 0.717) is 18.7 Å². The van der Waals surface area contributed by atoms with Gasteiger partial charge in [0.15, 0.2) is 0 Å². The molecule has 0 aliphatic carbocycles. The Morgan fingerprint density at radius 3 is 2.25 bits per heavy atom. The molecule has 20 heavy (non-hydrogen) atoms. The van der Waals surface area contributed by atoms with Crippen molar-refractivity contribution in [2.75, 3.05) is 18.0 Å². The lowest BCUT2D eigenvalue weighted by Crippen LogP contribution is -2.57. The normalized spacial score (nSPS) is 22.6.